The molecule has 0 unspecified atom stereocenters. The molecule has 0 radical (unpaired) electrons. The largest absolute Gasteiger partial charge is 0.303 e. The number of hydrogen-bond acceptors (Lipinski definition) is 1. The number of rotatable bonds is 3. The zero-order valence-electron chi connectivity index (χ0n) is 10.8. The van der Waals surface area contributed by atoms with Crippen molar-refractivity contribution in [3.63, 3.8) is 0 Å². The average Bonchev–Trinajstić information content (AvgIpc) is 2.16. The SMILES string of the molecule is CC1=CCCC(C)(C)/C1=C/C=C(\C)CC=O. The van der Waals surface area contributed by atoms with Gasteiger partial charge in [-0.3, -0.25) is 0 Å². The maximum atomic E-state index is 10.4. The lowest BCUT2D eigenvalue weighted by Crippen LogP contribution is -2.18. The summed E-state index contributed by atoms with van der Waals surface area (Å²) in [5.41, 5.74) is 4.17. The summed E-state index contributed by atoms with van der Waals surface area (Å²) in [5, 5.41) is 0. The first kappa shape index (κ1) is 13.0. The highest BCUT2D eigenvalue weighted by molar-refractivity contribution is 5.54. The Morgan fingerprint density at radius 1 is 1.50 bits per heavy atom. The van der Waals surface area contributed by atoms with Crippen molar-refractivity contribution in [1.29, 1.82) is 0 Å². The summed E-state index contributed by atoms with van der Waals surface area (Å²) in [4.78, 5) is 10.4. The summed E-state index contributed by atoms with van der Waals surface area (Å²) in [6.07, 6.45) is 10.4. The number of allylic oxidation sites excluding steroid dienone is 6. The predicted molar refractivity (Wildman–Crippen MR) is 69.3 cm³/mol. The van der Waals surface area contributed by atoms with E-state index in [0.29, 0.717) is 6.42 Å². The molecule has 0 aromatic carbocycles. The summed E-state index contributed by atoms with van der Waals surface area (Å²) < 4.78 is 0. The molecule has 0 fully saturated rings. The fourth-order valence-corrected chi connectivity index (χ4v) is 2.21. The molecule has 0 saturated heterocycles. The van der Waals surface area contributed by atoms with Gasteiger partial charge < -0.3 is 4.79 Å². The van der Waals surface area contributed by atoms with Gasteiger partial charge in [-0.05, 0) is 37.7 Å². The first-order valence-electron chi connectivity index (χ1n) is 5.96. The van der Waals surface area contributed by atoms with Crippen molar-refractivity contribution in [2.75, 3.05) is 0 Å². The maximum Gasteiger partial charge on any atom is 0.124 e. The highest BCUT2D eigenvalue weighted by Gasteiger charge is 2.26. The van der Waals surface area contributed by atoms with E-state index in [4.69, 9.17) is 0 Å². The van der Waals surface area contributed by atoms with Gasteiger partial charge in [0.1, 0.15) is 6.29 Å². The second-order valence-corrected chi connectivity index (χ2v) is 5.27. The van der Waals surface area contributed by atoms with Crippen molar-refractivity contribution in [2.24, 2.45) is 5.41 Å². The molecule has 0 N–H and O–H groups in total. The molecule has 16 heavy (non-hydrogen) atoms. The Labute approximate surface area is 98.9 Å². The Bertz CT molecular complexity index is 354. The second-order valence-electron chi connectivity index (χ2n) is 5.27. The van der Waals surface area contributed by atoms with E-state index < -0.39 is 0 Å². The molecule has 0 bridgehead atoms. The summed E-state index contributed by atoms with van der Waals surface area (Å²) in [5.74, 6) is 0. The molecule has 0 atom stereocenters. The topological polar surface area (TPSA) is 17.1 Å². The smallest absolute Gasteiger partial charge is 0.124 e. The molecule has 0 aromatic heterocycles. The van der Waals surface area contributed by atoms with E-state index >= 15 is 0 Å². The minimum absolute atomic E-state index is 0.261. The van der Waals surface area contributed by atoms with Crippen molar-refractivity contribution in [3.05, 3.63) is 34.9 Å². The molecule has 88 valence electrons. The molecule has 0 heterocycles. The third-order valence-electron chi connectivity index (χ3n) is 3.31. The van der Waals surface area contributed by atoms with Crippen LogP contribution in [-0.4, -0.2) is 6.29 Å². The number of aldehydes is 1. The first-order chi connectivity index (χ1) is 7.47. The van der Waals surface area contributed by atoms with Crippen LogP contribution in [0.3, 0.4) is 0 Å². The maximum absolute atomic E-state index is 10.4. The normalized spacial score (nSPS) is 23.1. The minimum atomic E-state index is 0.261. The number of carbonyl (C=O) groups is 1. The molecule has 1 aliphatic rings. The third kappa shape index (κ3) is 3.19. The van der Waals surface area contributed by atoms with Crippen LogP contribution < -0.4 is 0 Å². The fourth-order valence-electron chi connectivity index (χ4n) is 2.21. The average molecular weight is 218 g/mol. The van der Waals surface area contributed by atoms with Gasteiger partial charge in [-0.15, -0.1) is 0 Å². The third-order valence-corrected chi connectivity index (χ3v) is 3.31. The molecule has 1 nitrogen and oxygen atoms in total. The number of hydrogen-bond donors (Lipinski definition) is 0. The standard InChI is InChI=1S/C15H22O/c1-12(9-11-16)7-8-14-13(2)6-5-10-15(14,3)4/h6-8,11H,5,9-10H2,1-4H3/b12-7+,14-8+. The van der Waals surface area contributed by atoms with Gasteiger partial charge in [-0.1, -0.05) is 43.2 Å². The lowest BCUT2D eigenvalue weighted by Gasteiger charge is -2.32. The quantitative estimate of drug-likeness (QED) is 0.648. The zero-order valence-corrected chi connectivity index (χ0v) is 10.8. The number of carbonyl (C=O) groups excluding carboxylic acids is 1. The highest BCUT2D eigenvalue weighted by atomic mass is 16.1. The van der Waals surface area contributed by atoms with Gasteiger partial charge in [-0.2, -0.15) is 0 Å². The van der Waals surface area contributed by atoms with Crippen molar-refractivity contribution in [3.8, 4) is 0 Å². The van der Waals surface area contributed by atoms with Crippen LogP contribution in [0.5, 0.6) is 0 Å². The van der Waals surface area contributed by atoms with E-state index in [-0.39, 0.29) is 5.41 Å². The summed E-state index contributed by atoms with van der Waals surface area (Å²) in [6, 6.07) is 0. The van der Waals surface area contributed by atoms with Crippen LogP contribution in [0.4, 0.5) is 0 Å². The lowest BCUT2D eigenvalue weighted by molar-refractivity contribution is -0.107. The second kappa shape index (κ2) is 5.29. The van der Waals surface area contributed by atoms with E-state index in [1.54, 1.807) is 0 Å². The van der Waals surface area contributed by atoms with E-state index in [0.717, 1.165) is 11.9 Å². The van der Waals surface area contributed by atoms with E-state index in [1.165, 1.54) is 24.0 Å². The molecule has 0 aliphatic heterocycles. The van der Waals surface area contributed by atoms with Gasteiger partial charge in [0.05, 0.1) is 0 Å². The van der Waals surface area contributed by atoms with Crippen LogP contribution in [0, 0.1) is 5.41 Å². The molecule has 0 amide bonds. The lowest BCUT2D eigenvalue weighted by atomic mass is 9.73. The van der Waals surface area contributed by atoms with Gasteiger partial charge in [-0.25, -0.2) is 0 Å². The van der Waals surface area contributed by atoms with Gasteiger partial charge in [0.25, 0.3) is 0 Å². The van der Waals surface area contributed by atoms with Crippen LogP contribution in [-0.2, 0) is 4.79 Å². The summed E-state index contributed by atoms with van der Waals surface area (Å²) in [7, 11) is 0. The predicted octanol–water partition coefficient (Wildman–Crippen LogP) is 4.21. The molecule has 1 heteroatoms. The fraction of sp³-hybridized carbons (Fsp3) is 0.533. The van der Waals surface area contributed by atoms with Gasteiger partial charge in [0.2, 0.25) is 0 Å². The van der Waals surface area contributed by atoms with Crippen LogP contribution in [0.15, 0.2) is 34.9 Å². The zero-order chi connectivity index (χ0) is 12.2. The van der Waals surface area contributed by atoms with E-state index in [1.807, 2.05) is 6.92 Å². The Kier molecular flexibility index (Phi) is 4.28. The molecular formula is C15H22O. The Morgan fingerprint density at radius 2 is 2.19 bits per heavy atom. The van der Waals surface area contributed by atoms with Crippen molar-refractivity contribution in [1.82, 2.24) is 0 Å². The Hall–Kier alpha value is -1.11. The summed E-state index contributed by atoms with van der Waals surface area (Å²) in [6.45, 7) is 8.76. The molecule has 0 saturated carbocycles. The van der Waals surface area contributed by atoms with Crippen LogP contribution in [0.25, 0.3) is 0 Å². The summed E-state index contributed by atoms with van der Waals surface area (Å²) >= 11 is 0. The Balaban J connectivity index is 2.95. The van der Waals surface area contributed by atoms with Gasteiger partial charge in [0.15, 0.2) is 0 Å². The van der Waals surface area contributed by atoms with Crippen molar-refractivity contribution in [2.45, 2.75) is 47.0 Å². The first-order valence-corrected chi connectivity index (χ1v) is 5.96. The van der Waals surface area contributed by atoms with Gasteiger partial charge in [0, 0.05) is 6.42 Å². The van der Waals surface area contributed by atoms with Crippen molar-refractivity contribution >= 4 is 6.29 Å². The molecule has 0 spiro atoms. The van der Waals surface area contributed by atoms with Crippen LogP contribution >= 0.6 is 0 Å². The van der Waals surface area contributed by atoms with Crippen LogP contribution in [0.1, 0.15) is 47.0 Å². The molecular weight excluding hydrogens is 196 g/mol. The van der Waals surface area contributed by atoms with Gasteiger partial charge >= 0.3 is 0 Å². The van der Waals surface area contributed by atoms with Crippen LogP contribution in [0.2, 0.25) is 0 Å². The molecule has 0 aromatic rings. The Morgan fingerprint density at radius 3 is 2.75 bits per heavy atom. The molecule has 1 aliphatic carbocycles. The van der Waals surface area contributed by atoms with Crippen molar-refractivity contribution < 1.29 is 4.79 Å². The van der Waals surface area contributed by atoms with E-state index in [2.05, 4.69) is 39.0 Å². The highest BCUT2D eigenvalue weighted by Crippen LogP contribution is 2.40. The minimum Gasteiger partial charge on any atom is -0.303 e. The molecule has 1 rings (SSSR count). The van der Waals surface area contributed by atoms with E-state index in [9.17, 15) is 4.79 Å². The monoisotopic (exact) mass is 218 g/mol.